The van der Waals surface area contributed by atoms with Gasteiger partial charge in [0.25, 0.3) is 0 Å². The van der Waals surface area contributed by atoms with Crippen LogP contribution in [-0.2, 0) is 23.9 Å². The van der Waals surface area contributed by atoms with Gasteiger partial charge < -0.3 is 19.4 Å². The van der Waals surface area contributed by atoms with Gasteiger partial charge in [-0.3, -0.25) is 9.59 Å². The molecule has 2 unspecified atom stereocenters. The minimum absolute atomic E-state index is 0.321. The largest absolute Gasteiger partial charge is 0.425 e. The Labute approximate surface area is 310 Å². The molecule has 0 aromatic carbocycles. The van der Waals surface area contributed by atoms with Gasteiger partial charge in [0.05, 0.1) is 6.10 Å². The normalized spacial score (nSPS) is 12.7. The molecule has 0 fully saturated rings. The van der Waals surface area contributed by atoms with Gasteiger partial charge in [-0.25, -0.2) is 0 Å². The van der Waals surface area contributed by atoms with Crippen LogP contribution in [0.2, 0.25) is 0 Å². The number of aliphatic hydroxyl groups excluding tert-OH is 1. The Bertz CT molecular complexity index is 696. The molecule has 0 aromatic heterocycles. The van der Waals surface area contributed by atoms with Crippen LogP contribution in [0.25, 0.3) is 0 Å². The fraction of sp³-hybridized carbons (Fsp3) is 0.932. The first-order valence-electron chi connectivity index (χ1n) is 22.0. The van der Waals surface area contributed by atoms with Crippen molar-refractivity contribution in [1.82, 2.24) is 0 Å². The quantitative estimate of drug-likeness (QED) is 0.0295. The van der Waals surface area contributed by atoms with Crippen LogP contribution in [-0.4, -0.2) is 35.7 Å². The number of carbonyl (C=O) groups excluding carboxylic acids is 3. The molecule has 296 valence electrons. The number of hydrogen-bond donors (Lipinski definition) is 1. The molecule has 0 rings (SSSR count). The van der Waals surface area contributed by atoms with E-state index < -0.39 is 18.3 Å². The Balaban J connectivity index is 4.41. The topological polar surface area (TPSA) is 89.9 Å². The number of rotatable bonds is 40. The number of hydrogen-bond acceptors (Lipinski definition) is 6. The summed E-state index contributed by atoms with van der Waals surface area (Å²) >= 11 is 0. The summed E-state index contributed by atoms with van der Waals surface area (Å²) in [6.07, 6.45) is 37.3. The van der Waals surface area contributed by atoms with Gasteiger partial charge in [-0.2, -0.15) is 0 Å². The Morgan fingerprint density at radius 1 is 0.440 bits per heavy atom. The predicted molar refractivity (Wildman–Crippen MR) is 210 cm³/mol. The fourth-order valence-electron chi connectivity index (χ4n) is 6.82. The van der Waals surface area contributed by atoms with Crippen LogP contribution in [0.3, 0.4) is 0 Å². The van der Waals surface area contributed by atoms with Crippen molar-refractivity contribution in [3.63, 3.8) is 0 Å². The lowest BCUT2D eigenvalue weighted by Crippen LogP contribution is -2.26. The standard InChI is InChI=1S/C44H84O6/c1-4-7-10-12-14-16-18-20-22-24-26-28-31-36-42(47)49-44(38-33-34-40(39-45)41(46)35-30-9-6-3)50-43(48)37-32-29-27-25-23-21-19-17-15-13-11-8-5-2/h39-41,44,46H,4-38H2,1-3H3. The van der Waals surface area contributed by atoms with Crippen LogP contribution in [0.5, 0.6) is 0 Å². The maximum absolute atomic E-state index is 12.7. The average Bonchev–Trinajstić information content (AvgIpc) is 3.10. The lowest BCUT2D eigenvalue weighted by molar-refractivity contribution is -0.189. The van der Waals surface area contributed by atoms with E-state index in [4.69, 9.17) is 9.47 Å². The van der Waals surface area contributed by atoms with Crippen LogP contribution in [0.1, 0.15) is 245 Å². The highest BCUT2D eigenvalue weighted by atomic mass is 16.7. The van der Waals surface area contributed by atoms with E-state index in [1.807, 2.05) is 0 Å². The molecule has 0 bridgehead atoms. The first-order chi connectivity index (χ1) is 24.5. The average molecular weight is 709 g/mol. The number of carbonyl (C=O) groups is 3. The van der Waals surface area contributed by atoms with Gasteiger partial charge in [-0.1, -0.05) is 194 Å². The SMILES string of the molecule is CCCCCCCCCCCCCCCC(=O)OC(CCCC(C=O)C(O)CCCCC)OC(=O)CCCCCCCCCCCCCCC. The summed E-state index contributed by atoms with van der Waals surface area (Å²) in [5, 5.41) is 10.5. The third-order valence-electron chi connectivity index (χ3n) is 10.2. The van der Waals surface area contributed by atoms with Gasteiger partial charge in [0.15, 0.2) is 0 Å². The van der Waals surface area contributed by atoms with Crippen LogP contribution in [0.4, 0.5) is 0 Å². The lowest BCUT2D eigenvalue weighted by Gasteiger charge is -2.21. The molecule has 6 heteroatoms. The molecule has 0 amide bonds. The van der Waals surface area contributed by atoms with Gasteiger partial charge in [0.1, 0.15) is 6.29 Å². The Hall–Kier alpha value is -1.43. The first-order valence-corrected chi connectivity index (χ1v) is 22.0. The predicted octanol–water partition coefficient (Wildman–Crippen LogP) is 13.3. The second kappa shape index (κ2) is 38.8. The summed E-state index contributed by atoms with van der Waals surface area (Å²) in [7, 11) is 0. The summed E-state index contributed by atoms with van der Waals surface area (Å²) in [5.41, 5.74) is 0. The van der Waals surface area contributed by atoms with Crippen LogP contribution < -0.4 is 0 Å². The number of esters is 2. The molecule has 0 aliphatic heterocycles. The summed E-state index contributed by atoms with van der Waals surface area (Å²) in [4.78, 5) is 37.1. The van der Waals surface area contributed by atoms with Crippen molar-refractivity contribution >= 4 is 18.2 Å². The summed E-state index contributed by atoms with van der Waals surface area (Å²) in [5.74, 6) is -1.09. The molecule has 0 heterocycles. The first kappa shape index (κ1) is 48.6. The van der Waals surface area contributed by atoms with Crippen molar-refractivity contribution in [2.24, 2.45) is 5.92 Å². The second-order valence-corrected chi connectivity index (χ2v) is 15.2. The molecule has 50 heavy (non-hydrogen) atoms. The molecule has 0 saturated heterocycles. The molecule has 0 saturated carbocycles. The number of ether oxygens (including phenoxy) is 2. The zero-order valence-electron chi connectivity index (χ0n) is 33.5. The van der Waals surface area contributed by atoms with Crippen LogP contribution in [0.15, 0.2) is 0 Å². The fourth-order valence-corrected chi connectivity index (χ4v) is 6.82. The van der Waals surface area contributed by atoms with E-state index in [1.54, 1.807) is 0 Å². The van der Waals surface area contributed by atoms with E-state index in [2.05, 4.69) is 20.8 Å². The van der Waals surface area contributed by atoms with Crippen molar-refractivity contribution in [2.75, 3.05) is 0 Å². The molecule has 0 spiro atoms. The molecule has 1 N–H and O–H groups in total. The lowest BCUT2D eigenvalue weighted by atomic mass is 9.93. The van der Waals surface area contributed by atoms with Crippen molar-refractivity contribution in [3.05, 3.63) is 0 Å². The Morgan fingerprint density at radius 3 is 1.10 bits per heavy atom. The molecule has 2 atom stereocenters. The Kier molecular flexibility index (Phi) is 37.7. The van der Waals surface area contributed by atoms with Crippen molar-refractivity contribution < 1.29 is 29.0 Å². The van der Waals surface area contributed by atoms with E-state index in [1.165, 1.54) is 128 Å². The van der Waals surface area contributed by atoms with Crippen molar-refractivity contribution in [1.29, 1.82) is 0 Å². The molecule has 0 aliphatic rings. The van der Waals surface area contributed by atoms with Gasteiger partial charge in [-0.05, 0) is 32.1 Å². The third-order valence-corrected chi connectivity index (χ3v) is 10.2. The van der Waals surface area contributed by atoms with E-state index in [0.717, 1.165) is 64.1 Å². The zero-order valence-corrected chi connectivity index (χ0v) is 33.5. The van der Waals surface area contributed by atoms with Crippen LogP contribution in [0, 0.1) is 5.92 Å². The minimum Gasteiger partial charge on any atom is -0.425 e. The zero-order chi connectivity index (χ0) is 36.8. The monoisotopic (exact) mass is 709 g/mol. The summed E-state index contributed by atoms with van der Waals surface area (Å²) in [6, 6.07) is 0. The smallest absolute Gasteiger partial charge is 0.308 e. The minimum atomic E-state index is -0.927. The van der Waals surface area contributed by atoms with E-state index in [9.17, 15) is 19.5 Å². The molecule has 0 radical (unpaired) electrons. The van der Waals surface area contributed by atoms with Gasteiger partial charge in [0, 0.05) is 25.2 Å². The second-order valence-electron chi connectivity index (χ2n) is 15.2. The Morgan fingerprint density at radius 2 is 0.760 bits per heavy atom. The highest BCUT2D eigenvalue weighted by Crippen LogP contribution is 2.20. The number of aliphatic hydroxyl groups is 1. The van der Waals surface area contributed by atoms with Gasteiger partial charge >= 0.3 is 11.9 Å². The van der Waals surface area contributed by atoms with E-state index >= 15 is 0 Å². The molecule has 0 aromatic rings. The molecule has 0 aliphatic carbocycles. The molecular weight excluding hydrogens is 624 g/mol. The van der Waals surface area contributed by atoms with Gasteiger partial charge in [-0.15, -0.1) is 0 Å². The molecule has 6 nitrogen and oxygen atoms in total. The number of unbranched alkanes of at least 4 members (excludes halogenated alkanes) is 26. The molecular formula is C44H84O6. The maximum Gasteiger partial charge on any atom is 0.308 e. The maximum atomic E-state index is 12.7. The highest BCUT2D eigenvalue weighted by Gasteiger charge is 2.22. The van der Waals surface area contributed by atoms with Crippen LogP contribution >= 0.6 is 0 Å². The third kappa shape index (κ3) is 33.7. The van der Waals surface area contributed by atoms with Crippen molar-refractivity contribution in [3.8, 4) is 0 Å². The summed E-state index contributed by atoms with van der Waals surface area (Å²) < 4.78 is 11.3. The summed E-state index contributed by atoms with van der Waals surface area (Å²) in [6.45, 7) is 6.64. The number of aldehydes is 1. The van der Waals surface area contributed by atoms with Crippen molar-refractivity contribution in [2.45, 2.75) is 258 Å². The van der Waals surface area contributed by atoms with E-state index in [0.29, 0.717) is 38.5 Å². The van der Waals surface area contributed by atoms with Gasteiger partial charge in [0.2, 0.25) is 6.29 Å². The highest BCUT2D eigenvalue weighted by molar-refractivity contribution is 5.71. The van der Waals surface area contributed by atoms with E-state index in [-0.39, 0.29) is 11.9 Å².